The van der Waals surface area contributed by atoms with E-state index in [0.29, 0.717) is 0 Å². The number of nitrogens with one attached hydrogen (secondary N) is 2. The molecule has 4 rings (SSSR count). The number of halogens is 1. The maximum atomic E-state index is 13.4. The second-order valence-corrected chi connectivity index (χ2v) is 6.14. The van der Waals surface area contributed by atoms with Crippen LogP contribution >= 0.6 is 0 Å². The van der Waals surface area contributed by atoms with Gasteiger partial charge in [0.25, 0.3) is 0 Å². The van der Waals surface area contributed by atoms with Gasteiger partial charge in [0.2, 0.25) is 0 Å². The van der Waals surface area contributed by atoms with Crippen LogP contribution in [0.2, 0.25) is 0 Å². The molecular formula is C21H19FN4. The molecule has 0 aliphatic rings. The van der Waals surface area contributed by atoms with Crippen LogP contribution in [0, 0.1) is 5.82 Å². The first-order valence-electron chi connectivity index (χ1n) is 8.69. The smallest absolute Gasteiger partial charge is 0.126 e. The van der Waals surface area contributed by atoms with Gasteiger partial charge in [-0.3, -0.25) is 4.98 Å². The van der Waals surface area contributed by atoms with Gasteiger partial charge in [0.05, 0.1) is 16.7 Å². The number of rotatable bonds is 5. The zero-order valence-electron chi connectivity index (χ0n) is 14.5. The van der Waals surface area contributed by atoms with Crippen LogP contribution in [0.15, 0.2) is 60.9 Å². The Hall–Kier alpha value is -3.21. The van der Waals surface area contributed by atoms with E-state index < -0.39 is 0 Å². The first-order valence-corrected chi connectivity index (χ1v) is 8.69. The van der Waals surface area contributed by atoms with Gasteiger partial charge in [0.1, 0.15) is 11.6 Å². The van der Waals surface area contributed by atoms with E-state index in [1.54, 1.807) is 24.5 Å². The molecule has 2 N–H and O–H groups in total. The average Bonchev–Trinajstić information content (AvgIpc) is 3.07. The third-order valence-corrected chi connectivity index (χ3v) is 4.29. The number of aromatic amines is 1. The van der Waals surface area contributed by atoms with E-state index in [0.717, 1.165) is 52.2 Å². The first kappa shape index (κ1) is 16.3. The van der Waals surface area contributed by atoms with Gasteiger partial charge in [-0.25, -0.2) is 9.37 Å². The van der Waals surface area contributed by atoms with Crippen molar-refractivity contribution < 1.29 is 4.39 Å². The molecule has 0 radical (unpaired) electrons. The molecule has 0 aliphatic heterocycles. The molecule has 130 valence electrons. The number of hydrogen-bond acceptors (Lipinski definition) is 3. The quantitative estimate of drug-likeness (QED) is 0.519. The Bertz CT molecular complexity index is 1040. The van der Waals surface area contributed by atoms with Crippen LogP contribution in [0.5, 0.6) is 0 Å². The molecule has 0 saturated heterocycles. The molecule has 0 saturated carbocycles. The minimum atomic E-state index is -0.252. The van der Waals surface area contributed by atoms with Crippen LogP contribution in [0.1, 0.15) is 13.3 Å². The third-order valence-electron chi connectivity index (χ3n) is 4.29. The van der Waals surface area contributed by atoms with Crippen molar-refractivity contribution in [2.75, 3.05) is 11.9 Å². The predicted octanol–water partition coefficient (Wildman–Crippen LogP) is 5.25. The van der Waals surface area contributed by atoms with Gasteiger partial charge in [0.15, 0.2) is 0 Å². The highest BCUT2D eigenvalue weighted by Gasteiger charge is 2.16. The van der Waals surface area contributed by atoms with Gasteiger partial charge in [-0.1, -0.05) is 19.1 Å². The fourth-order valence-corrected chi connectivity index (χ4v) is 3.07. The molecule has 26 heavy (non-hydrogen) atoms. The molecule has 4 nitrogen and oxygen atoms in total. The van der Waals surface area contributed by atoms with Gasteiger partial charge < -0.3 is 10.3 Å². The Morgan fingerprint density at radius 1 is 1.00 bits per heavy atom. The van der Waals surface area contributed by atoms with Gasteiger partial charge in [-0.05, 0) is 48.4 Å². The van der Waals surface area contributed by atoms with Crippen LogP contribution in [0.4, 0.5) is 10.2 Å². The molecule has 0 atom stereocenters. The topological polar surface area (TPSA) is 53.6 Å². The number of pyridine rings is 2. The van der Waals surface area contributed by atoms with E-state index in [-0.39, 0.29) is 5.82 Å². The molecule has 4 aromatic rings. The van der Waals surface area contributed by atoms with Crippen LogP contribution in [-0.4, -0.2) is 21.5 Å². The largest absolute Gasteiger partial charge is 0.370 e. The Morgan fingerprint density at radius 2 is 1.85 bits per heavy atom. The number of anilines is 1. The SMILES string of the molecule is CCCNc1cc(-c2[nH]c3cccnc3c2-c2ccc(F)cc2)ccn1. The van der Waals surface area contributed by atoms with Crippen molar-refractivity contribution in [3.8, 4) is 22.4 Å². The van der Waals surface area contributed by atoms with E-state index in [1.807, 2.05) is 24.3 Å². The second-order valence-electron chi connectivity index (χ2n) is 6.14. The molecule has 0 aliphatic carbocycles. The molecule has 5 heteroatoms. The number of nitrogens with zero attached hydrogens (tertiary/aromatic N) is 2. The molecule has 0 amide bonds. The zero-order chi connectivity index (χ0) is 17.9. The molecule has 0 unspecified atom stereocenters. The minimum absolute atomic E-state index is 0.252. The van der Waals surface area contributed by atoms with Crippen molar-refractivity contribution >= 4 is 16.9 Å². The molecule has 0 bridgehead atoms. The summed E-state index contributed by atoms with van der Waals surface area (Å²) in [6.07, 6.45) is 4.59. The summed E-state index contributed by atoms with van der Waals surface area (Å²) in [5, 5.41) is 3.31. The van der Waals surface area contributed by atoms with E-state index in [1.165, 1.54) is 12.1 Å². The summed E-state index contributed by atoms with van der Waals surface area (Å²) in [6.45, 7) is 2.99. The van der Waals surface area contributed by atoms with Crippen LogP contribution in [0.25, 0.3) is 33.4 Å². The summed E-state index contributed by atoms with van der Waals surface area (Å²) in [7, 11) is 0. The van der Waals surface area contributed by atoms with E-state index >= 15 is 0 Å². The van der Waals surface area contributed by atoms with E-state index in [9.17, 15) is 4.39 Å². The van der Waals surface area contributed by atoms with Gasteiger partial charge in [-0.2, -0.15) is 0 Å². The van der Waals surface area contributed by atoms with Crippen LogP contribution in [0.3, 0.4) is 0 Å². The van der Waals surface area contributed by atoms with Crippen molar-refractivity contribution in [1.29, 1.82) is 0 Å². The van der Waals surface area contributed by atoms with Crippen molar-refractivity contribution in [3.05, 3.63) is 66.7 Å². The van der Waals surface area contributed by atoms with E-state index in [2.05, 4.69) is 27.2 Å². The maximum absolute atomic E-state index is 13.4. The standard InChI is InChI=1S/C21H19FN4/c1-2-10-23-18-13-15(9-12-24-18)20-19(14-5-7-16(22)8-6-14)21-17(26-20)4-3-11-25-21/h3-9,11-13,26H,2,10H2,1H3,(H,23,24). The highest BCUT2D eigenvalue weighted by molar-refractivity contribution is 6.01. The van der Waals surface area contributed by atoms with Gasteiger partial charge in [-0.15, -0.1) is 0 Å². The molecule has 3 heterocycles. The highest BCUT2D eigenvalue weighted by atomic mass is 19.1. The number of benzene rings is 1. The molecule has 0 spiro atoms. The lowest BCUT2D eigenvalue weighted by Crippen LogP contribution is -2.01. The fourth-order valence-electron chi connectivity index (χ4n) is 3.07. The van der Waals surface area contributed by atoms with E-state index in [4.69, 9.17) is 0 Å². The molecule has 0 fully saturated rings. The van der Waals surface area contributed by atoms with Gasteiger partial charge in [0, 0.05) is 30.1 Å². The first-order chi connectivity index (χ1) is 12.8. The lowest BCUT2D eigenvalue weighted by atomic mass is 10.0. The Kier molecular flexibility index (Phi) is 4.35. The lowest BCUT2D eigenvalue weighted by Gasteiger charge is -2.08. The van der Waals surface area contributed by atoms with Crippen LogP contribution in [-0.2, 0) is 0 Å². The summed E-state index contributed by atoms with van der Waals surface area (Å²) in [5.41, 5.74) is 5.67. The number of aromatic nitrogens is 3. The summed E-state index contributed by atoms with van der Waals surface area (Å²) in [5.74, 6) is 0.582. The summed E-state index contributed by atoms with van der Waals surface area (Å²) >= 11 is 0. The summed E-state index contributed by atoms with van der Waals surface area (Å²) < 4.78 is 13.4. The molecule has 3 aromatic heterocycles. The fraction of sp³-hybridized carbons (Fsp3) is 0.143. The lowest BCUT2D eigenvalue weighted by molar-refractivity contribution is 0.628. The monoisotopic (exact) mass is 346 g/mol. The average molecular weight is 346 g/mol. The zero-order valence-corrected chi connectivity index (χ0v) is 14.5. The molecule has 1 aromatic carbocycles. The molecular weight excluding hydrogens is 327 g/mol. The van der Waals surface area contributed by atoms with Crippen molar-refractivity contribution in [2.45, 2.75) is 13.3 Å². The van der Waals surface area contributed by atoms with Crippen molar-refractivity contribution in [3.63, 3.8) is 0 Å². The Balaban J connectivity index is 1.90. The minimum Gasteiger partial charge on any atom is -0.370 e. The number of H-pyrrole nitrogens is 1. The van der Waals surface area contributed by atoms with Crippen LogP contribution < -0.4 is 5.32 Å². The maximum Gasteiger partial charge on any atom is 0.126 e. The second kappa shape index (κ2) is 6.96. The van der Waals surface area contributed by atoms with Crippen molar-refractivity contribution in [2.24, 2.45) is 0 Å². The Morgan fingerprint density at radius 3 is 2.65 bits per heavy atom. The highest BCUT2D eigenvalue weighted by Crippen LogP contribution is 2.37. The summed E-state index contributed by atoms with van der Waals surface area (Å²) in [6, 6.07) is 14.4. The number of fused-ring (bicyclic) bond motifs is 1. The number of hydrogen-bond donors (Lipinski definition) is 2. The normalized spacial score (nSPS) is 11.0. The Labute approximate surface area is 151 Å². The van der Waals surface area contributed by atoms with Gasteiger partial charge >= 0.3 is 0 Å². The third kappa shape index (κ3) is 3.04. The van der Waals surface area contributed by atoms with Crippen molar-refractivity contribution in [1.82, 2.24) is 15.0 Å². The predicted molar refractivity (Wildman–Crippen MR) is 103 cm³/mol. The summed E-state index contributed by atoms with van der Waals surface area (Å²) in [4.78, 5) is 12.4.